The van der Waals surface area contributed by atoms with Crippen molar-refractivity contribution in [2.24, 2.45) is 0 Å². The van der Waals surface area contributed by atoms with Crippen molar-refractivity contribution >= 4 is 46.6 Å². The van der Waals surface area contributed by atoms with Crippen LogP contribution in [-0.4, -0.2) is 54.0 Å². The van der Waals surface area contributed by atoms with Gasteiger partial charge in [0.2, 0.25) is 9.76 Å². The van der Waals surface area contributed by atoms with Gasteiger partial charge in [-0.1, -0.05) is 90.1 Å². The normalized spacial score (nSPS) is 16.3. The average Bonchev–Trinajstić information content (AvgIpc) is 3.58. The number of carbonyl (C=O) groups is 2. The zero-order chi connectivity index (χ0) is 36.4. The van der Waals surface area contributed by atoms with E-state index in [0.29, 0.717) is 18.0 Å². The van der Waals surface area contributed by atoms with E-state index >= 15 is 0 Å². The molecule has 1 heterocycles. The topological polar surface area (TPSA) is 85.3 Å². The molecule has 0 fully saturated rings. The van der Waals surface area contributed by atoms with Crippen LogP contribution in [0, 0.1) is 0 Å². The largest absolute Gasteiger partial charge is 0.543 e. The lowest BCUT2D eigenvalue weighted by Crippen LogP contribution is -2.44. The van der Waals surface area contributed by atoms with Gasteiger partial charge in [0.1, 0.15) is 12.4 Å². The zero-order valence-corrected chi connectivity index (χ0v) is 32.9. The molecule has 1 amide bonds. The summed E-state index contributed by atoms with van der Waals surface area (Å²) in [6, 6.07) is 23.8. The summed E-state index contributed by atoms with van der Waals surface area (Å²) < 4.78 is 19.9. The SMILES string of the molecule is CC(C)(C)[Si]OC(C)(C)C1CN(C(=O)OCC2c3ccccc3-c3ccccc32)c2cc(O[Si](C)(C)C(C)(C)C)c3ccc(C(=O)O)cc3c21. The van der Waals surface area contributed by atoms with Gasteiger partial charge in [-0.15, -0.1) is 0 Å². The lowest BCUT2D eigenvalue weighted by atomic mass is 9.83. The van der Waals surface area contributed by atoms with Crippen molar-refractivity contribution in [2.75, 3.05) is 18.1 Å². The minimum Gasteiger partial charge on any atom is -0.543 e. The predicted molar refractivity (Wildman–Crippen MR) is 205 cm³/mol. The molecule has 0 aromatic heterocycles. The van der Waals surface area contributed by atoms with Crippen LogP contribution in [0.4, 0.5) is 10.5 Å². The second-order valence-electron chi connectivity index (χ2n) is 16.8. The third-order valence-corrected chi connectivity index (χ3v) is 16.1. The summed E-state index contributed by atoms with van der Waals surface area (Å²) in [5, 5.41) is 11.5. The molecule has 6 rings (SSSR count). The molecule has 2 radical (unpaired) electrons. The highest BCUT2D eigenvalue weighted by atomic mass is 28.4. The Kier molecular flexibility index (Phi) is 9.11. The summed E-state index contributed by atoms with van der Waals surface area (Å²) in [6.07, 6.45) is -0.448. The molecule has 0 saturated carbocycles. The Balaban J connectivity index is 1.45. The summed E-state index contributed by atoms with van der Waals surface area (Å²) in [5.41, 5.74) is 5.68. The molecule has 2 aliphatic rings. The van der Waals surface area contributed by atoms with Gasteiger partial charge in [-0.05, 0) is 88.4 Å². The van der Waals surface area contributed by atoms with E-state index in [4.69, 9.17) is 13.6 Å². The second kappa shape index (κ2) is 12.7. The van der Waals surface area contributed by atoms with Crippen molar-refractivity contribution in [2.45, 2.75) is 96.0 Å². The number of fused-ring (bicyclic) bond motifs is 6. The maximum Gasteiger partial charge on any atom is 0.414 e. The molecular formula is C41H49NO6Si2. The van der Waals surface area contributed by atoms with Crippen LogP contribution in [-0.2, 0) is 9.16 Å². The van der Waals surface area contributed by atoms with Gasteiger partial charge in [-0.3, -0.25) is 4.90 Å². The zero-order valence-electron chi connectivity index (χ0n) is 30.9. The van der Waals surface area contributed by atoms with Crippen molar-refractivity contribution in [1.29, 1.82) is 0 Å². The fraction of sp³-hybridized carbons (Fsp3) is 0.415. The number of carboxylic acid groups (broad SMARTS) is 1. The van der Waals surface area contributed by atoms with Crippen molar-refractivity contribution in [3.05, 3.63) is 95.1 Å². The maximum atomic E-state index is 14.4. The minimum absolute atomic E-state index is 0.0510. The molecule has 9 heteroatoms. The number of anilines is 1. The molecule has 50 heavy (non-hydrogen) atoms. The highest BCUT2D eigenvalue weighted by Gasteiger charge is 2.46. The van der Waals surface area contributed by atoms with Gasteiger partial charge in [-0.2, -0.15) is 0 Å². The summed E-state index contributed by atoms with van der Waals surface area (Å²) in [4.78, 5) is 28.4. The number of carboxylic acids is 1. The standard InChI is InChI=1S/C41H49NO6Si2/c1-39(2,3)49-48-41(7,8)33-23-42(38(45)46-24-32-28-17-13-11-15-26(28)27-16-12-14-18-29(27)32)34-22-35(47-50(9,10)40(4,5)6)30-20-19-25(37(43)44)21-31(30)36(33)34/h11-22,32-33H,23-24H2,1-10H3,(H,43,44). The van der Waals surface area contributed by atoms with E-state index < -0.39 is 26.0 Å². The van der Waals surface area contributed by atoms with E-state index in [2.05, 4.69) is 92.7 Å². The Morgan fingerprint density at radius 2 is 1.46 bits per heavy atom. The van der Waals surface area contributed by atoms with Crippen LogP contribution in [0.3, 0.4) is 0 Å². The summed E-state index contributed by atoms with van der Waals surface area (Å²) in [6.45, 7) is 22.0. The third-order valence-electron chi connectivity index (χ3n) is 10.6. The van der Waals surface area contributed by atoms with Gasteiger partial charge in [0, 0.05) is 29.8 Å². The van der Waals surface area contributed by atoms with E-state index in [-0.39, 0.29) is 43.8 Å². The number of nitrogens with zero attached hydrogens (tertiary/aromatic N) is 1. The number of aromatic carboxylic acids is 1. The quantitative estimate of drug-likeness (QED) is 0.184. The number of rotatable bonds is 8. The smallest absolute Gasteiger partial charge is 0.414 e. The number of benzene rings is 4. The number of amides is 1. The Morgan fingerprint density at radius 1 is 0.860 bits per heavy atom. The molecule has 1 atom stereocenters. The van der Waals surface area contributed by atoms with Crippen LogP contribution >= 0.6 is 0 Å². The van der Waals surface area contributed by atoms with E-state index in [9.17, 15) is 14.7 Å². The van der Waals surface area contributed by atoms with Crippen LogP contribution in [0.2, 0.25) is 23.2 Å². The highest BCUT2D eigenvalue weighted by Crippen LogP contribution is 2.52. The number of hydrogen-bond donors (Lipinski definition) is 1. The molecule has 4 aromatic rings. The summed E-state index contributed by atoms with van der Waals surface area (Å²) >= 11 is 0. The molecule has 1 N–H and O–H groups in total. The van der Waals surface area contributed by atoms with Gasteiger partial charge < -0.3 is 18.7 Å². The lowest BCUT2D eigenvalue weighted by Gasteiger charge is -2.37. The van der Waals surface area contributed by atoms with Crippen molar-refractivity contribution < 1.29 is 28.3 Å². The fourth-order valence-corrected chi connectivity index (χ4v) is 8.51. The van der Waals surface area contributed by atoms with Crippen molar-refractivity contribution in [3.8, 4) is 16.9 Å². The first kappa shape index (κ1) is 35.9. The van der Waals surface area contributed by atoms with Gasteiger partial charge in [0.05, 0.1) is 16.9 Å². The minimum atomic E-state index is -2.34. The average molecular weight is 708 g/mol. The fourth-order valence-electron chi connectivity index (χ4n) is 6.77. The molecule has 7 nitrogen and oxygen atoms in total. The number of hydrogen-bond acceptors (Lipinski definition) is 5. The molecule has 0 spiro atoms. The first-order valence-corrected chi connectivity index (χ1v) is 21.2. The molecule has 1 aliphatic carbocycles. The van der Waals surface area contributed by atoms with Crippen LogP contribution < -0.4 is 9.33 Å². The Bertz CT molecular complexity index is 1930. The summed E-state index contributed by atoms with van der Waals surface area (Å²) in [7, 11) is -2.12. The number of ether oxygens (including phenoxy) is 1. The molecule has 1 unspecified atom stereocenters. The van der Waals surface area contributed by atoms with Crippen LogP contribution in [0.5, 0.6) is 5.75 Å². The molecule has 0 saturated heterocycles. The summed E-state index contributed by atoms with van der Waals surface area (Å²) in [5.74, 6) is -0.704. The highest BCUT2D eigenvalue weighted by molar-refractivity contribution is 6.74. The van der Waals surface area contributed by atoms with Crippen molar-refractivity contribution in [1.82, 2.24) is 0 Å². The van der Waals surface area contributed by atoms with E-state index in [0.717, 1.165) is 27.5 Å². The van der Waals surface area contributed by atoms with Crippen LogP contribution in [0.25, 0.3) is 21.9 Å². The van der Waals surface area contributed by atoms with Crippen LogP contribution in [0.1, 0.15) is 94.3 Å². The Morgan fingerprint density at radius 3 is 2.02 bits per heavy atom. The third kappa shape index (κ3) is 6.63. The molecule has 1 aliphatic heterocycles. The van der Waals surface area contributed by atoms with Gasteiger partial charge in [0.25, 0.3) is 8.32 Å². The molecule has 0 bridgehead atoms. The van der Waals surface area contributed by atoms with E-state index in [1.165, 1.54) is 11.1 Å². The van der Waals surface area contributed by atoms with Crippen molar-refractivity contribution in [3.63, 3.8) is 0 Å². The number of carbonyl (C=O) groups excluding carboxylic acids is 1. The first-order valence-electron chi connectivity index (χ1n) is 17.4. The van der Waals surface area contributed by atoms with Crippen LogP contribution in [0.15, 0.2) is 72.8 Å². The van der Waals surface area contributed by atoms with Gasteiger partial charge in [-0.25, -0.2) is 9.59 Å². The Hall–Kier alpha value is -3.93. The predicted octanol–water partition coefficient (Wildman–Crippen LogP) is 10.4. The van der Waals surface area contributed by atoms with Gasteiger partial charge >= 0.3 is 12.1 Å². The maximum absolute atomic E-state index is 14.4. The van der Waals surface area contributed by atoms with E-state index in [1.807, 2.05) is 36.4 Å². The lowest BCUT2D eigenvalue weighted by molar-refractivity contribution is 0.0696. The molecule has 4 aromatic carbocycles. The molecule has 262 valence electrons. The second-order valence-corrected chi connectivity index (χ2v) is 23.4. The van der Waals surface area contributed by atoms with Gasteiger partial charge in [0.15, 0.2) is 0 Å². The first-order chi connectivity index (χ1) is 23.3. The van der Waals surface area contributed by atoms with E-state index in [1.54, 1.807) is 17.0 Å². The monoisotopic (exact) mass is 707 g/mol. The Labute approximate surface area is 300 Å². The molecular weight excluding hydrogens is 659 g/mol.